The quantitative estimate of drug-likeness (QED) is 0.450. The molecule has 3 aromatic heterocycles. The average Bonchev–Trinajstić information content (AvgIpc) is 3.58. The Balaban J connectivity index is 0.000000169. The molecule has 0 spiro atoms. The summed E-state index contributed by atoms with van der Waals surface area (Å²) in [5.74, 6) is 0. The van der Waals surface area contributed by atoms with Crippen LogP contribution in [0.5, 0.6) is 0 Å². The Labute approximate surface area is 196 Å². The van der Waals surface area contributed by atoms with Crippen LogP contribution in [0.3, 0.4) is 0 Å². The third-order valence-corrected chi connectivity index (χ3v) is 6.14. The Kier molecular flexibility index (Phi) is 5.86. The minimum atomic E-state index is -0.289. The van der Waals surface area contributed by atoms with Gasteiger partial charge < -0.3 is 14.0 Å². The van der Waals surface area contributed by atoms with Gasteiger partial charge in [0.25, 0.3) is 0 Å². The Bertz CT molecular complexity index is 1390. The number of rotatable bonds is 2. The van der Waals surface area contributed by atoms with E-state index in [9.17, 15) is 4.79 Å². The van der Waals surface area contributed by atoms with Gasteiger partial charge in [0.2, 0.25) is 0 Å². The number of cyclic esters (lactones) is 1. The van der Waals surface area contributed by atoms with Crippen LogP contribution in [0.4, 0.5) is 10.5 Å². The largest absolute Gasteiger partial charge is 0.447 e. The van der Waals surface area contributed by atoms with Gasteiger partial charge in [0.1, 0.15) is 12.1 Å². The molecule has 4 aromatic rings. The lowest BCUT2D eigenvalue weighted by atomic mass is 10.0. The number of aromatic nitrogens is 5. The van der Waals surface area contributed by atoms with E-state index in [1.165, 1.54) is 0 Å². The van der Waals surface area contributed by atoms with Crippen molar-refractivity contribution in [1.82, 2.24) is 24.3 Å². The van der Waals surface area contributed by atoms with Crippen LogP contribution in [0.25, 0.3) is 21.9 Å². The van der Waals surface area contributed by atoms with E-state index in [1.54, 1.807) is 28.0 Å². The van der Waals surface area contributed by atoms with Crippen molar-refractivity contribution in [3.8, 4) is 6.07 Å². The summed E-state index contributed by atoms with van der Waals surface area (Å²) < 4.78 is 14.3. The van der Waals surface area contributed by atoms with E-state index >= 15 is 0 Å². The molecule has 0 N–H and O–H groups in total. The van der Waals surface area contributed by atoms with E-state index < -0.39 is 0 Å². The summed E-state index contributed by atoms with van der Waals surface area (Å²) in [5, 5.41) is 14.1. The highest BCUT2D eigenvalue weighted by Crippen LogP contribution is 2.31. The number of carbonyl (C=O) groups excluding carboxylic acids is 1. The van der Waals surface area contributed by atoms with Crippen molar-refractivity contribution >= 4 is 33.7 Å². The SMILES string of the molecule is CC1CC(n2cnc3cnc4ccc(C#N)cc4c32)CCO1.Cn1cc(N2CCOC2=O)cn1. The maximum atomic E-state index is 11.1. The van der Waals surface area contributed by atoms with Crippen LogP contribution >= 0.6 is 0 Å². The van der Waals surface area contributed by atoms with Gasteiger partial charge >= 0.3 is 6.09 Å². The molecule has 2 saturated heterocycles. The van der Waals surface area contributed by atoms with Crippen LogP contribution < -0.4 is 4.90 Å². The van der Waals surface area contributed by atoms with E-state index in [0.717, 1.165) is 47.1 Å². The van der Waals surface area contributed by atoms with Gasteiger partial charge in [-0.25, -0.2) is 9.78 Å². The van der Waals surface area contributed by atoms with Crippen LogP contribution in [0.1, 0.15) is 31.4 Å². The number of ether oxygens (including phenoxy) is 2. The molecule has 2 unspecified atom stereocenters. The highest BCUT2D eigenvalue weighted by molar-refractivity contribution is 6.02. The molecular formula is C24H25N7O3. The van der Waals surface area contributed by atoms with Crippen molar-refractivity contribution in [2.24, 2.45) is 7.05 Å². The van der Waals surface area contributed by atoms with Crippen molar-refractivity contribution in [3.63, 3.8) is 0 Å². The molecule has 10 heteroatoms. The molecule has 0 saturated carbocycles. The van der Waals surface area contributed by atoms with E-state index in [4.69, 9.17) is 14.7 Å². The van der Waals surface area contributed by atoms with Crippen LogP contribution in [-0.4, -0.2) is 56.3 Å². The van der Waals surface area contributed by atoms with Gasteiger partial charge in [-0.05, 0) is 38.0 Å². The predicted octanol–water partition coefficient (Wildman–Crippen LogP) is 3.57. The molecule has 0 radical (unpaired) electrons. The van der Waals surface area contributed by atoms with Crippen LogP contribution in [-0.2, 0) is 16.5 Å². The van der Waals surface area contributed by atoms with Gasteiger partial charge in [-0.1, -0.05) is 0 Å². The van der Waals surface area contributed by atoms with Gasteiger partial charge in [-0.2, -0.15) is 10.4 Å². The lowest BCUT2D eigenvalue weighted by Crippen LogP contribution is -2.25. The third kappa shape index (κ3) is 4.18. The summed E-state index contributed by atoms with van der Waals surface area (Å²) in [5.41, 5.74) is 4.28. The molecular weight excluding hydrogens is 434 g/mol. The summed E-state index contributed by atoms with van der Waals surface area (Å²) >= 11 is 0. The highest BCUT2D eigenvalue weighted by atomic mass is 16.6. The second-order valence-electron chi connectivity index (χ2n) is 8.49. The number of hydrogen-bond donors (Lipinski definition) is 0. The highest BCUT2D eigenvalue weighted by Gasteiger charge is 2.24. The molecule has 0 bridgehead atoms. The van der Waals surface area contributed by atoms with Crippen molar-refractivity contribution < 1.29 is 14.3 Å². The molecule has 1 aromatic carbocycles. The smallest absolute Gasteiger partial charge is 0.414 e. The zero-order chi connectivity index (χ0) is 23.7. The lowest BCUT2D eigenvalue weighted by molar-refractivity contribution is 0.00674. The van der Waals surface area contributed by atoms with E-state index in [1.807, 2.05) is 31.7 Å². The first-order valence-electron chi connectivity index (χ1n) is 11.2. The number of benzene rings is 1. The topological polar surface area (TPSA) is 111 Å². The van der Waals surface area contributed by atoms with Crippen molar-refractivity contribution in [2.75, 3.05) is 24.7 Å². The fraction of sp³-hybridized carbons (Fsp3) is 0.375. The molecule has 6 rings (SSSR count). The summed E-state index contributed by atoms with van der Waals surface area (Å²) in [6, 6.07) is 8.20. The molecule has 2 aliphatic heterocycles. The molecule has 34 heavy (non-hydrogen) atoms. The Morgan fingerprint density at radius 3 is 2.76 bits per heavy atom. The Hall–Kier alpha value is -3.97. The maximum Gasteiger partial charge on any atom is 0.414 e. The first-order chi connectivity index (χ1) is 16.5. The Morgan fingerprint density at radius 1 is 1.18 bits per heavy atom. The second-order valence-corrected chi connectivity index (χ2v) is 8.49. The minimum absolute atomic E-state index is 0.263. The maximum absolute atomic E-state index is 11.1. The number of nitriles is 1. The molecule has 174 valence electrons. The van der Waals surface area contributed by atoms with Gasteiger partial charge in [0.05, 0.1) is 59.7 Å². The van der Waals surface area contributed by atoms with Gasteiger partial charge in [-0.15, -0.1) is 0 Å². The second kappa shape index (κ2) is 9.11. The third-order valence-electron chi connectivity index (χ3n) is 6.14. The van der Waals surface area contributed by atoms with Gasteiger partial charge in [0, 0.05) is 31.3 Å². The number of imidazole rings is 1. The normalized spacial score (nSPS) is 20.1. The standard InChI is InChI=1S/C17H16N4O.C7H9N3O2/c1-11-6-13(4-5-22-11)21-10-20-16-9-19-15-3-2-12(8-18)7-14(15)17(16)21;1-9-5-6(4-8-9)10-2-3-12-7(10)11/h2-3,7,9-11,13H,4-6H2,1H3;4-5H,2-3H2,1H3. The number of nitrogens with zero attached hydrogens (tertiary/aromatic N) is 7. The molecule has 0 aliphatic carbocycles. The Morgan fingerprint density at radius 2 is 2.06 bits per heavy atom. The van der Waals surface area contributed by atoms with Crippen molar-refractivity contribution in [1.29, 1.82) is 5.26 Å². The lowest BCUT2D eigenvalue weighted by Gasteiger charge is -2.28. The number of pyridine rings is 1. The number of amides is 1. The summed E-state index contributed by atoms with van der Waals surface area (Å²) in [4.78, 5) is 21.6. The first-order valence-corrected chi connectivity index (χ1v) is 11.2. The number of aryl methyl sites for hydroxylation is 1. The van der Waals surface area contributed by atoms with Crippen LogP contribution in [0.15, 0.2) is 43.1 Å². The summed E-state index contributed by atoms with van der Waals surface area (Å²) in [6.07, 6.45) is 9.07. The van der Waals surface area contributed by atoms with Gasteiger partial charge in [-0.3, -0.25) is 14.6 Å². The first kappa shape index (κ1) is 21.9. The fourth-order valence-corrected chi connectivity index (χ4v) is 4.47. The van der Waals surface area contributed by atoms with Crippen LogP contribution in [0, 0.1) is 11.3 Å². The zero-order valence-corrected chi connectivity index (χ0v) is 19.1. The summed E-state index contributed by atoms with van der Waals surface area (Å²) in [7, 11) is 1.81. The molecule has 1 amide bonds. The van der Waals surface area contributed by atoms with E-state index in [2.05, 4.69) is 32.6 Å². The summed E-state index contributed by atoms with van der Waals surface area (Å²) in [6.45, 7) is 3.97. The van der Waals surface area contributed by atoms with E-state index in [0.29, 0.717) is 24.8 Å². The van der Waals surface area contributed by atoms with Crippen molar-refractivity contribution in [2.45, 2.75) is 31.9 Å². The zero-order valence-electron chi connectivity index (χ0n) is 19.1. The molecule has 2 atom stereocenters. The number of fused-ring (bicyclic) bond motifs is 3. The average molecular weight is 460 g/mol. The van der Waals surface area contributed by atoms with Crippen LogP contribution in [0.2, 0.25) is 0 Å². The molecule has 2 aliphatic rings. The van der Waals surface area contributed by atoms with E-state index in [-0.39, 0.29) is 12.2 Å². The number of carbonyl (C=O) groups is 1. The number of anilines is 1. The molecule has 10 nitrogen and oxygen atoms in total. The van der Waals surface area contributed by atoms with Crippen molar-refractivity contribution in [3.05, 3.63) is 48.7 Å². The van der Waals surface area contributed by atoms with Gasteiger partial charge in [0.15, 0.2) is 0 Å². The molecule has 5 heterocycles. The predicted molar refractivity (Wildman–Crippen MR) is 125 cm³/mol. The minimum Gasteiger partial charge on any atom is -0.447 e. The number of hydrogen-bond acceptors (Lipinski definition) is 7. The fourth-order valence-electron chi connectivity index (χ4n) is 4.47. The monoisotopic (exact) mass is 459 g/mol. The molecule has 2 fully saturated rings.